The van der Waals surface area contributed by atoms with Crippen LogP contribution >= 0.6 is 0 Å². The molecule has 2 heteroatoms. The molecule has 0 bridgehead atoms. The molecular weight excluding hydrogens is 224 g/mol. The average Bonchev–Trinajstić information content (AvgIpc) is 2.29. The monoisotopic (exact) mass is 250 g/mol. The Morgan fingerprint density at radius 2 is 1.44 bits per heavy atom. The van der Waals surface area contributed by atoms with Gasteiger partial charge in [-0.2, -0.15) is 0 Å². The summed E-state index contributed by atoms with van der Waals surface area (Å²) in [4.78, 5) is 21.3. The first-order valence-electron chi connectivity index (χ1n) is 6.96. The topological polar surface area (TPSA) is 34.1 Å². The molecule has 0 rings (SSSR count). The maximum absolute atomic E-state index is 10.7. The Balaban J connectivity index is 3.21. The highest BCUT2D eigenvalue weighted by Crippen LogP contribution is 2.09. The minimum absolute atomic E-state index is 0.0882. The van der Waals surface area contributed by atoms with E-state index in [0.29, 0.717) is 5.78 Å². The molecule has 0 N–H and O–H groups in total. The molecule has 0 aliphatic rings. The number of Topliss-reactive ketones (excluding diaryl/α,β-unsaturated/α-hetero) is 1. The Hall–Kier alpha value is -1.18. The van der Waals surface area contributed by atoms with E-state index in [0.717, 1.165) is 19.3 Å². The highest BCUT2D eigenvalue weighted by molar-refractivity contribution is 5.87. The number of ketones is 2. The molecule has 0 aromatic carbocycles. The van der Waals surface area contributed by atoms with E-state index in [-0.39, 0.29) is 5.78 Å². The number of rotatable bonds is 11. The summed E-state index contributed by atoms with van der Waals surface area (Å²) >= 11 is 0. The first kappa shape index (κ1) is 16.8. The van der Waals surface area contributed by atoms with Gasteiger partial charge >= 0.3 is 0 Å². The molecule has 0 spiro atoms. The van der Waals surface area contributed by atoms with Gasteiger partial charge in [-0.25, -0.2) is 0 Å². The van der Waals surface area contributed by atoms with Crippen molar-refractivity contribution in [3.05, 3.63) is 24.3 Å². The third-order valence-corrected chi connectivity index (χ3v) is 2.73. The molecular formula is C16H26O2. The molecule has 0 aromatic rings. The lowest BCUT2D eigenvalue weighted by Crippen LogP contribution is -1.89. The van der Waals surface area contributed by atoms with Crippen LogP contribution in [0.2, 0.25) is 0 Å². The number of carbonyl (C=O) groups is 2. The molecule has 102 valence electrons. The lowest BCUT2D eigenvalue weighted by atomic mass is 10.1. The summed E-state index contributed by atoms with van der Waals surface area (Å²) in [5.74, 6) is 0.393. The second kappa shape index (κ2) is 12.3. The fourth-order valence-corrected chi connectivity index (χ4v) is 1.71. The van der Waals surface area contributed by atoms with Crippen molar-refractivity contribution in [3.8, 4) is 0 Å². The van der Waals surface area contributed by atoms with Gasteiger partial charge in [0.25, 0.3) is 0 Å². The number of carbonyl (C=O) groups excluding carboxylic acids is 2. The maximum Gasteiger partial charge on any atom is 0.152 e. The molecule has 0 heterocycles. The normalized spacial score (nSPS) is 11.4. The first-order chi connectivity index (χ1) is 8.63. The van der Waals surface area contributed by atoms with E-state index in [1.165, 1.54) is 32.1 Å². The second-order valence-corrected chi connectivity index (χ2v) is 4.76. The van der Waals surface area contributed by atoms with E-state index in [2.05, 4.69) is 6.08 Å². The molecule has 0 aliphatic carbocycles. The molecule has 18 heavy (non-hydrogen) atoms. The van der Waals surface area contributed by atoms with Gasteiger partial charge in [0.1, 0.15) is 5.78 Å². The summed E-state index contributed by atoms with van der Waals surface area (Å²) in [7, 11) is 0. The molecule has 0 aliphatic heterocycles. The second-order valence-electron chi connectivity index (χ2n) is 4.76. The molecule has 0 amide bonds. The van der Waals surface area contributed by atoms with Crippen LogP contribution in [0, 0.1) is 0 Å². The number of hydrogen-bond acceptors (Lipinski definition) is 2. The third kappa shape index (κ3) is 14.8. The van der Waals surface area contributed by atoms with Gasteiger partial charge < -0.3 is 4.79 Å². The molecule has 0 fully saturated rings. The van der Waals surface area contributed by atoms with Crippen LogP contribution in [0.1, 0.15) is 65.2 Å². The van der Waals surface area contributed by atoms with E-state index in [4.69, 9.17) is 0 Å². The van der Waals surface area contributed by atoms with Crippen LogP contribution in [0.3, 0.4) is 0 Å². The van der Waals surface area contributed by atoms with Gasteiger partial charge in [0.15, 0.2) is 5.78 Å². The lowest BCUT2D eigenvalue weighted by Gasteiger charge is -1.99. The zero-order valence-electron chi connectivity index (χ0n) is 11.8. The predicted octanol–water partition coefficient (Wildman–Crippen LogP) is 4.40. The Morgan fingerprint density at radius 1 is 0.833 bits per heavy atom. The summed E-state index contributed by atoms with van der Waals surface area (Å²) in [6, 6.07) is 0. The van der Waals surface area contributed by atoms with E-state index in [1.54, 1.807) is 26.0 Å². The largest absolute Gasteiger partial charge is 0.300 e. The fourth-order valence-electron chi connectivity index (χ4n) is 1.71. The summed E-state index contributed by atoms with van der Waals surface area (Å²) in [5.41, 5.74) is 0. The third-order valence-electron chi connectivity index (χ3n) is 2.73. The quantitative estimate of drug-likeness (QED) is 0.309. The SMILES string of the molecule is CC(=O)/C=C/C=C/CCCCCCCCC(C)=O. The minimum Gasteiger partial charge on any atom is -0.300 e. The minimum atomic E-state index is 0.0882. The van der Waals surface area contributed by atoms with Crippen molar-refractivity contribution in [3.63, 3.8) is 0 Å². The molecule has 0 saturated carbocycles. The van der Waals surface area contributed by atoms with Crippen LogP contribution < -0.4 is 0 Å². The van der Waals surface area contributed by atoms with Crippen molar-refractivity contribution in [1.82, 2.24) is 0 Å². The molecule has 0 radical (unpaired) electrons. The molecule has 0 saturated heterocycles. The van der Waals surface area contributed by atoms with Crippen LogP contribution in [0.25, 0.3) is 0 Å². The lowest BCUT2D eigenvalue weighted by molar-refractivity contribution is -0.117. The van der Waals surface area contributed by atoms with Crippen molar-refractivity contribution in [1.29, 1.82) is 0 Å². The van der Waals surface area contributed by atoms with Gasteiger partial charge in [-0.05, 0) is 39.2 Å². The van der Waals surface area contributed by atoms with Gasteiger partial charge in [-0.1, -0.05) is 43.9 Å². The Bertz CT molecular complexity index is 287. The van der Waals surface area contributed by atoms with Crippen LogP contribution in [-0.4, -0.2) is 11.6 Å². The molecule has 0 atom stereocenters. The van der Waals surface area contributed by atoms with Crippen molar-refractivity contribution >= 4 is 11.6 Å². The van der Waals surface area contributed by atoms with Gasteiger partial charge in [0.2, 0.25) is 0 Å². The average molecular weight is 250 g/mol. The highest BCUT2D eigenvalue weighted by atomic mass is 16.1. The number of unbranched alkanes of at least 4 members (excludes halogenated alkanes) is 6. The van der Waals surface area contributed by atoms with E-state index >= 15 is 0 Å². The summed E-state index contributed by atoms with van der Waals surface area (Å²) < 4.78 is 0. The first-order valence-corrected chi connectivity index (χ1v) is 6.96. The Kier molecular flexibility index (Phi) is 11.5. The zero-order chi connectivity index (χ0) is 13.6. The van der Waals surface area contributed by atoms with Gasteiger partial charge in [-0.3, -0.25) is 4.79 Å². The standard InChI is InChI=1S/C16H26O2/c1-15(17)13-11-9-7-5-3-4-6-8-10-12-14-16(2)18/h7,9,11,13H,3-6,8,10,12,14H2,1-2H3/b9-7+,13-11+. The van der Waals surface area contributed by atoms with Gasteiger partial charge in [-0.15, -0.1) is 0 Å². The number of hydrogen-bond donors (Lipinski definition) is 0. The van der Waals surface area contributed by atoms with Crippen molar-refractivity contribution in [2.24, 2.45) is 0 Å². The summed E-state index contributed by atoms with van der Waals surface area (Å²) in [5, 5.41) is 0. The summed E-state index contributed by atoms with van der Waals surface area (Å²) in [6.45, 7) is 3.21. The highest BCUT2D eigenvalue weighted by Gasteiger charge is 1.93. The van der Waals surface area contributed by atoms with Crippen LogP contribution in [0.5, 0.6) is 0 Å². The van der Waals surface area contributed by atoms with E-state index in [9.17, 15) is 9.59 Å². The smallest absolute Gasteiger partial charge is 0.152 e. The van der Waals surface area contributed by atoms with Crippen molar-refractivity contribution < 1.29 is 9.59 Å². The molecule has 0 aromatic heterocycles. The zero-order valence-corrected chi connectivity index (χ0v) is 11.8. The van der Waals surface area contributed by atoms with Gasteiger partial charge in [0, 0.05) is 6.42 Å². The van der Waals surface area contributed by atoms with Crippen molar-refractivity contribution in [2.75, 3.05) is 0 Å². The van der Waals surface area contributed by atoms with Gasteiger partial charge in [0.05, 0.1) is 0 Å². The van der Waals surface area contributed by atoms with Crippen molar-refractivity contribution in [2.45, 2.75) is 65.2 Å². The Morgan fingerprint density at radius 3 is 2.06 bits per heavy atom. The molecule has 0 unspecified atom stereocenters. The van der Waals surface area contributed by atoms with Crippen LogP contribution in [0.15, 0.2) is 24.3 Å². The van der Waals surface area contributed by atoms with Crippen LogP contribution in [0.4, 0.5) is 0 Å². The Labute approximate surface area is 111 Å². The van der Waals surface area contributed by atoms with E-state index in [1.807, 2.05) is 6.08 Å². The van der Waals surface area contributed by atoms with E-state index < -0.39 is 0 Å². The maximum atomic E-state index is 10.7. The number of allylic oxidation sites excluding steroid dienone is 4. The summed E-state index contributed by atoms with van der Waals surface area (Å²) in [6.07, 6.45) is 16.4. The van der Waals surface area contributed by atoms with Crippen LogP contribution in [-0.2, 0) is 9.59 Å². The predicted molar refractivity (Wildman–Crippen MR) is 76.6 cm³/mol. The fraction of sp³-hybridized carbons (Fsp3) is 0.625. The molecule has 2 nitrogen and oxygen atoms in total.